The molecule has 0 saturated carbocycles. The molecule has 0 atom stereocenters. The zero-order valence-electron chi connectivity index (χ0n) is 77.4. The molecule has 0 bridgehead atoms. The fourth-order valence-corrected chi connectivity index (χ4v) is 20.9. The summed E-state index contributed by atoms with van der Waals surface area (Å²) < 4.78 is 31.9. The van der Waals surface area contributed by atoms with Crippen molar-refractivity contribution in [3.05, 3.63) is 452 Å². The number of esters is 4. The highest BCUT2D eigenvalue weighted by Gasteiger charge is 2.25. The van der Waals surface area contributed by atoms with Crippen LogP contribution in [-0.4, -0.2) is 66.1 Å². The molecule has 142 heavy (non-hydrogen) atoms. The first-order valence-corrected chi connectivity index (χ1v) is 47.1. The van der Waals surface area contributed by atoms with E-state index in [0.29, 0.717) is 25.5 Å². The van der Waals surface area contributed by atoms with Gasteiger partial charge >= 0.3 is 29.8 Å². The van der Waals surface area contributed by atoms with E-state index >= 15 is 0 Å². The van der Waals surface area contributed by atoms with Gasteiger partial charge in [-0.15, -0.1) is 0 Å². The number of aromatic nitrogens is 5. The number of hydrogen-bond acceptors (Lipinski definition) is 10. The van der Waals surface area contributed by atoms with Crippen molar-refractivity contribution in [2.75, 3.05) is 13.2 Å². The Bertz CT molecular complexity index is 9280. The molecule has 5 aromatic heterocycles. The van der Waals surface area contributed by atoms with E-state index < -0.39 is 23.9 Å². The zero-order chi connectivity index (χ0) is 96.6. The Labute approximate surface area is 814 Å². The lowest BCUT2D eigenvalue weighted by atomic mass is 10.00. The van der Waals surface area contributed by atoms with Gasteiger partial charge in [0.15, 0.2) is 12.5 Å². The first-order valence-electron chi connectivity index (χ1n) is 47.1. The Morgan fingerprint density at radius 3 is 0.754 bits per heavy atom. The van der Waals surface area contributed by atoms with Crippen LogP contribution in [0.4, 0.5) is 0 Å². The number of para-hydroxylation sites is 2. The summed E-state index contributed by atoms with van der Waals surface area (Å²) in [6.07, 6.45) is 6.71. The van der Waals surface area contributed by atoms with Gasteiger partial charge in [-0.2, -0.15) is 4.73 Å². The summed E-state index contributed by atoms with van der Waals surface area (Å²) in [7, 11) is 0. The van der Waals surface area contributed by atoms with E-state index in [0.717, 1.165) is 95.1 Å². The van der Waals surface area contributed by atoms with Crippen LogP contribution in [0.3, 0.4) is 0 Å². The highest BCUT2D eigenvalue weighted by molar-refractivity contribution is 6.33. The highest BCUT2D eigenvalue weighted by atomic mass is 16.7. The van der Waals surface area contributed by atoms with Gasteiger partial charge in [0.1, 0.15) is 6.61 Å². The van der Waals surface area contributed by atoms with Crippen LogP contribution >= 0.6 is 0 Å². The topological polar surface area (TPSA) is 156 Å². The number of carbonyl (C=O) groups is 5. The molecular weight excluding hydrogens is 1760 g/mol. The Kier molecular flexibility index (Phi) is 23.8. The number of rotatable bonds is 17. The van der Waals surface area contributed by atoms with Crippen LogP contribution in [0.15, 0.2) is 452 Å². The molecule has 26 rings (SSSR count). The maximum atomic E-state index is 12.0. The number of nitrogens with zero attached hydrogens (tertiary/aromatic N) is 5. The summed E-state index contributed by atoms with van der Waals surface area (Å²) in [5.41, 5.74) is 11.5. The van der Waals surface area contributed by atoms with Crippen LogP contribution in [0, 0.1) is 0 Å². The molecule has 0 N–H and O–H groups in total. The van der Waals surface area contributed by atoms with Crippen molar-refractivity contribution in [1.82, 2.24) is 23.0 Å². The molecule has 0 saturated heterocycles. The molecule has 21 aromatic carbocycles. The number of benzene rings is 21. The molecule has 0 aliphatic rings. The van der Waals surface area contributed by atoms with Crippen LogP contribution in [-0.2, 0) is 58.0 Å². The lowest BCUT2D eigenvalue weighted by molar-refractivity contribution is -0.141. The van der Waals surface area contributed by atoms with Crippen LogP contribution < -0.4 is 9.57 Å². The van der Waals surface area contributed by atoms with Gasteiger partial charge in [-0.25, -0.2) is 24.0 Å². The molecule has 26 aromatic rings. The number of carbonyl (C=O) groups excluding carboxylic acids is 5. The van der Waals surface area contributed by atoms with Gasteiger partial charge in [0.05, 0.1) is 51.9 Å². The molecule has 0 aliphatic carbocycles. The van der Waals surface area contributed by atoms with Crippen molar-refractivity contribution in [2.45, 2.75) is 26.2 Å². The summed E-state index contributed by atoms with van der Waals surface area (Å²) in [6.45, 7) is 19.7. The molecule has 0 radical (unpaired) electrons. The Morgan fingerprint density at radius 1 is 0.218 bits per heavy atom. The van der Waals surface area contributed by atoms with E-state index in [1.54, 1.807) is 4.73 Å². The maximum absolute atomic E-state index is 12.0. The standard InChI is InChI=1S/C29H19NO2.C26H21NO2.C25H19NO2.C24H17NO2.C23H15NO2/c1-2-27(31)32-26-14-8-7-13-23(26)30-24-17-15-19-9-3-5-11-21(19)28(24)29-22-12-6-4-10-20(22)16-18-25(29)30;1-2-24(28)29-17-7-16-27-22-14-12-18-8-3-5-10-20(18)25(22)26-21-11-6-4-9-19(21)13-15-23(26)27;1-2-23(27)28-16-15-26-21-13-11-17-7-3-5-9-19(17)24(21)25-20-10-6-4-8-18(20)12-14-22(25)26;1-2-22(26)27-15-25-20-13-11-16-7-3-5-9-18(16)23(20)24-19-10-6-4-8-17(19)12-14-21(24)25;1-2-21(25)26-24-19-13-11-15-7-3-5-9-17(15)22(19)23-18-10-6-4-8-16(18)12-14-20(23)24/h2-18H,1H2;2-6,8-15H,1,7,16-17H2;2-14H,1,15-16H2;2-14H,1,15H2;2-14H,1H2. The van der Waals surface area contributed by atoms with E-state index in [4.69, 9.17) is 23.8 Å². The van der Waals surface area contributed by atoms with Crippen molar-refractivity contribution in [1.29, 1.82) is 0 Å². The van der Waals surface area contributed by atoms with Gasteiger partial charge in [0.2, 0.25) is 0 Å². The minimum Gasteiger partial charge on any atom is -0.462 e. The van der Waals surface area contributed by atoms with Crippen LogP contribution in [0.1, 0.15) is 6.42 Å². The van der Waals surface area contributed by atoms with Gasteiger partial charge in [0.25, 0.3) is 0 Å². The third-order valence-corrected chi connectivity index (χ3v) is 27.0. The molecule has 684 valence electrons. The Morgan fingerprint density at radius 2 is 0.451 bits per heavy atom. The smallest absolute Gasteiger partial charge is 0.355 e. The number of aryl methyl sites for hydroxylation is 1. The SMILES string of the molecule is C=CC(=O)OCCCn1c2ccc3ccccc3c2c2c3ccccc3ccc21.C=CC(=O)OCCn1c2ccc3ccccc3c2c2c3ccccc3ccc21.C=CC(=O)OCn1c2ccc3ccccc3c2c2c3ccccc3ccc21.C=CC(=O)Oc1ccccc1-n1c2ccc3ccccc3c2c2c3ccccc3ccc21.C=CC(=O)On1c2ccc3ccccc3c2c2c3ccccc3ccc21. The largest absolute Gasteiger partial charge is 0.462 e. The van der Waals surface area contributed by atoms with Gasteiger partial charge in [-0.05, 0) is 187 Å². The number of hydrogen-bond donors (Lipinski definition) is 0. The highest BCUT2D eigenvalue weighted by Crippen LogP contribution is 2.47. The second-order valence-corrected chi connectivity index (χ2v) is 34.8. The van der Waals surface area contributed by atoms with Crippen molar-refractivity contribution >= 4 is 247 Å². The molecule has 0 amide bonds. The lowest BCUT2D eigenvalue weighted by Crippen LogP contribution is -2.16. The van der Waals surface area contributed by atoms with Crippen molar-refractivity contribution in [2.24, 2.45) is 0 Å². The van der Waals surface area contributed by atoms with E-state index in [-0.39, 0.29) is 12.7 Å². The summed E-state index contributed by atoms with van der Waals surface area (Å²) in [5.74, 6) is -1.65. The summed E-state index contributed by atoms with van der Waals surface area (Å²) in [6, 6.07) is 135. The van der Waals surface area contributed by atoms with Crippen molar-refractivity contribution in [3.8, 4) is 11.4 Å². The first-order chi connectivity index (χ1) is 69.9. The predicted molar refractivity (Wildman–Crippen MR) is 584 cm³/mol. The predicted octanol–water partition coefficient (Wildman–Crippen LogP) is 30.3. The molecule has 15 nitrogen and oxygen atoms in total. The van der Waals surface area contributed by atoms with Gasteiger partial charge in [-0.3, -0.25) is 0 Å². The second kappa shape index (κ2) is 38.1. The Hall–Kier alpha value is -18.7. The van der Waals surface area contributed by atoms with Gasteiger partial charge in [-0.1, -0.05) is 348 Å². The second-order valence-electron chi connectivity index (χ2n) is 34.8. The molecule has 5 heterocycles. The molecule has 0 aliphatic heterocycles. The average Bonchev–Trinajstić information content (AvgIpc) is 1.55. The van der Waals surface area contributed by atoms with Gasteiger partial charge < -0.3 is 42.1 Å². The third kappa shape index (κ3) is 15.9. The maximum Gasteiger partial charge on any atom is 0.355 e. The van der Waals surface area contributed by atoms with Crippen molar-refractivity contribution in [3.63, 3.8) is 0 Å². The minimum absolute atomic E-state index is 0.154. The zero-order valence-corrected chi connectivity index (χ0v) is 77.4. The number of fused-ring (bicyclic) bond motifs is 35. The van der Waals surface area contributed by atoms with Crippen LogP contribution in [0.5, 0.6) is 5.75 Å². The normalized spacial score (nSPS) is 11.4. The lowest BCUT2D eigenvalue weighted by Gasteiger charge is -2.13. The van der Waals surface area contributed by atoms with E-state index in [2.05, 4.69) is 379 Å². The van der Waals surface area contributed by atoms with Gasteiger partial charge in [0, 0.05) is 113 Å². The molecule has 0 fully saturated rings. The van der Waals surface area contributed by atoms with Crippen LogP contribution in [0.25, 0.3) is 222 Å². The number of ether oxygens (including phenoxy) is 4. The van der Waals surface area contributed by atoms with E-state index in [1.807, 2.05) is 60.7 Å². The quantitative estimate of drug-likeness (QED) is 0.0283. The fourth-order valence-electron chi connectivity index (χ4n) is 20.9. The summed E-state index contributed by atoms with van der Waals surface area (Å²) >= 11 is 0. The van der Waals surface area contributed by atoms with Crippen molar-refractivity contribution < 1.29 is 47.8 Å². The van der Waals surface area contributed by atoms with E-state index in [9.17, 15) is 24.0 Å². The minimum atomic E-state index is -0.481. The molecule has 15 heteroatoms. The average molecular weight is 1850 g/mol. The first kappa shape index (κ1) is 88.5. The Balaban J connectivity index is 0.000000102. The fraction of sp³-hybridized carbons (Fsp3) is 0.0472. The molecule has 0 spiro atoms. The van der Waals surface area contributed by atoms with E-state index in [1.165, 1.54) is 171 Å². The third-order valence-electron chi connectivity index (χ3n) is 27.0. The molecule has 0 unspecified atom stereocenters. The molecular formula is C127H91N5O10. The summed E-state index contributed by atoms with van der Waals surface area (Å²) in [5, 5.41) is 36.1. The monoisotopic (exact) mass is 1850 g/mol. The summed E-state index contributed by atoms with van der Waals surface area (Å²) in [4.78, 5) is 64.0. The van der Waals surface area contributed by atoms with Crippen LogP contribution in [0.2, 0.25) is 0 Å².